The first-order valence-electron chi connectivity index (χ1n) is 23.9. The van der Waals surface area contributed by atoms with Crippen molar-refractivity contribution in [2.24, 2.45) is 5.92 Å². The molecule has 14 nitrogen and oxygen atoms in total. The molecular formula is C52H71N9O5. The second-order valence-electron chi connectivity index (χ2n) is 17.2. The van der Waals surface area contributed by atoms with Gasteiger partial charge in [0.1, 0.15) is 0 Å². The molecule has 0 saturated heterocycles. The van der Waals surface area contributed by atoms with E-state index in [-0.39, 0.29) is 24.6 Å². The third-order valence-corrected chi connectivity index (χ3v) is 12.0. The number of carbonyl (C=O) groups excluding carboxylic acids is 5. The maximum absolute atomic E-state index is 14.2. The third-order valence-electron chi connectivity index (χ3n) is 12.0. The Morgan fingerprint density at radius 2 is 0.970 bits per heavy atom. The van der Waals surface area contributed by atoms with Crippen LogP contribution >= 0.6 is 0 Å². The Morgan fingerprint density at radius 1 is 0.500 bits per heavy atom. The molecule has 4 aromatic rings. The smallest absolute Gasteiger partial charge is 0.327 e. The molecule has 1 fully saturated rings. The minimum atomic E-state index is -0.691. The number of nitrogens with one attached hydrogen (secondary N) is 6. The summed E-state index contributed by atoms with van der Waals surface area (Å²) in [6, 6.07) is 34.5. The van der Waals surface area contributed by atoms with Gasteiger partial charge >= 0.3 is 30.2 Å². The molecule has 5 rings (SSSR count). The van der Waals surface area contributed by atoms with Crippen LogP contribution in [0.5, 0.6) is 0 Å². The van der Waals surface area contributed by atoms with E-state index in [1.54, 1.807) is 41.1 Å². The largest absolute Gasteiger partial charge is 0.336 e. The highest BCUT2D eigenvalue weighted by Gasteiger charge is 2.25. The molecule has 10 amide bonds. The summed E-state index contributed by atoms with van der Waals surface area (Å²) in [5, 5.41) is 16.9. The number of para-hydroxylation sites is 4. The number of nitrogens with zero attached hydrogens (tertiary/aromatic N) is 3. The van der Waals surface area contributed by atoms with Crippen molar-refractivity contribution in [3.05, 3.63) is 121 Å². The zero-order valence-electron chi connectivity index (χ0n) is 38.7. The highest BCUT2D eigenvalue weighted by molar-refractivity contribution is 6.00. The van der Waals surface area contributed by atoms with Gasteiger partial charge in [0.05, 0.1) is 6.04 Å². The van der Waals surface area contributed by atoms with Crippen LogP contribution in [0.3, 0.4) is 0 Å². The summed E-state index contributed by atoms with van der Waals surface area (Å²) >= 11 is 0. The van der Waals surface area contributed by atoms with Crippen LogP contribution in [0.1, 0.15) is 96.3 Å². The zero-order valence-corrected chi connectivity index (χ0v) is 38.7. The Kier molecular flexibility index (Phi) is 22.2. The molecule has 0 unspecified atom stereocenters. The van der Waals surface area contributed by atoms with Crippen LogP contribution in [0.15, 0.2) is 121 Å². The quantitative estimate of drug-likeness (QED) is 0.0384. The molecule has 1 atom stereocenters. The van der Waals surface area contributed by atoms with Gasteiger partial charge in [-0.3, -0.25) is 5.32 Å². The summed E-state index contributed by atoms with van der Waals surface area (Å²) in [6.07, 6.45) is 15.1. The minimum absolute atomic E-state index is 0.0810. The fourth-order valence-corrected chi connectivity index (χ4v) is 8.34. The van der Waals surface area contributed by atoms with Crippen molar-refractivity contribution < 1.29 is 24.0 Å². The lowest BCUT2D eigenvalue weighted by atomic mass is 9.86. The van der Waals surface area contributed by atoms with Crippen LogP contribution in [0.2, 0.25) is 0 Å². The highest BCUT2D eigenvalue weighted by Crippen LogP contribution is 2.28. The van der Waals surface area contributed by atoms with E-state index in [2.05, 4.69) is 31.9 Å². The number of hydrogen-bond donors (Lipinski definition) is 6. The monoisotopic (exact) mass is 902 g/mol. The molecule has 14 heteroatoms. The number of carbonyl (C=O) groups is 5. The lowest BCUT2D eigenvalue weighted by Crippen LogP contribution is -2.51. The summed E-state index contributed by atoms with van der Waals surface area (Å²) in [5.41, 5.74) is 2.68. The van der Waals surface area contributed by atoms with Crippen LogP contribution in [-0.4, -0.2) is 90.7 Å². The van der Waals surface area contributed by atoms with Crippen molar-refractivity contribution in [1.29, 1.82) is 0 Å². The lowest BCUT2D eigenvalue weighted by Gasteiger charge is -2.32. The molecule has 1 aliphatic carbocycles. The van der Waals surface area contributed by atoms with Crippen molar-refractivity contribution in [3.8, 4) is 0 Å². The Bertz CT molecular complexity index is 2020. The van der Waals surface area contributed by atoms with Gasteiger partial charge in [-0.2, -0.15) is 0 Å². The molecule has 354 valence electrons. The van der Waals surface area contributed by atoms with Gasteiger partial charge in [-0.15, -0.1) is 0 Å². The average Bonchev–Trinajstić information content (AvgIpc) is 3.33. The van der Waals surface area contributed by atoms with Crippen molar-refractivity contribution in [3.63, 3.8) is 0 Å². The number of urea groups is 5. The Balaban J connectivity index is 1.19. The van der Waals surface area contributed by atoms with E-state index in [1.807, 2.05) is 102 Å². The van der Waals surface area contributed by atoms with Gasteiger partial charge in [-0.1, -0.05) is 131 Å². The van der Waals surface area contributed by atoms with Gasteiger partial charge in [-0.25, -0.2) is 24.0 Å². The second-order valence-corrected chi connectivity index (χ2v) is 17.2. The van der Waals surface area contributed by atoms with E-state index in [0.29, 0.717) is 68.9 Å². The SMILES string of the molecule is CN(CCCC[C@H](CNC(=O)NC(=O)Nc1ccccc1)N(CCCCCCN(CCCCC1CCCCC1)C(=O)Nc1ccccc1)C(=O)Nc1ccccc1)C(=O)Nc1ccccc1. The summed E-state index contributed by atoms with van der Waals surface area (Å²) in [4.78, 5) is 71.6. The predicted molar refractivity (Wildman–Crippen MR) is 266 cm³/mol. The van der Waals surface area contributed by atoms with Crippen molar-refractivity contribution in [2.75, 3.05) is 61.0 Å². The highest BCUT2D eigenvalue weighted by atomic mass is 16.2. The average molecular weight is 902 g/mol. The standard InChI is InChI=1S/C52H71N9O5/c1-59(50(64)55-44-30-13-6-14-31-44)37-23-20-36-47(41-53-48(62)58-49(63)54-43-28-11-5-12-29-43)61(52(66)57-46-34-17-8-18-35-46)40-22-3-2-21-38-60(51(65)56-45-32-15-7-16-33-45)39-24-19-27-42-25-9-4-10-26-42/h5-8,11-18,28-35,42,47H,2-4,9-10,19-27,36-41H2,1H3,(H,55,64)(H,56,65)(H,57,66)(H3,53,54,58,62,63)/t47-/m1/s1. The minimum Gasteiger partial charge on any atom is -0.336 e. The Labute approximate surface area is 391 Å². The summed E-state index contributed by atoms with van der Waals surface area (Å²) in [5.74, 6) is 0.818. The predicted octanol–water partition coefficient (Wildman–Crippen LogP) is 11.6. The second kappa shape index (κ2) is 29.1. The van der Waals surface area contributed by atoms with Gasteiger partial charge in [0.15, 0.2) is 0 Å². The number of unbranched alkanes of at least 4 members (excludes halogenated alkanes) is 5. The number of anilines is 4. The number of amides is 10. The van der Waals surface area contributed by atoms with Crippen molar-refractivity contribution in [1.82, 2.24) is 25.3 Å². The van der Waals surface area contributed by atoms with Crippen LogP contribution in [0.4, 0.5) is 46.7 Å². The first kappa shape index (κ1) is 50.4. The van der Waals surface area contributed by atoms with E-state index < -0.39 is 18.1 Å². The van der Waals surface area contributed by atoms with Crippen molar-refractivity contribution >= 4 is 52.9 Å². The molecule has 0 aromatic heterocycles. The summed E-state index contributed by atoms with van der Waals surface area (Å²) in [7, 11) is 1.74. The first-order chi connectivity index (χ1) is 32.2. The number of imide groups is 1. The molecule has 0 heterocycles. The molecular weight excluding hydrogens is 831 g/mol. The Hall–Kier alpha value is -6.57. The topological polar surface area (TPSA) is 167 Å². The molecule has 0 aliphatic heterocycles. The van der Waals surface area contributed by atoms with Gasteiger partial charge in [-0.05, 0) is 93.0 Å². The van der Waals surface area contributed by atoms with Gasteiger partial charge in [0.2, 0.25) is 0 Å². The number of hydrogen-bond acceptors (Lipinski definition) is 5. The molecule has 6 N–H and O–H groups in total. The van der Waals surface area contributed by atoms with E-state index >= 15 is 0 Å². The molecule has 1 saturated carbocycles. The van der Waals surface area contributed by atoms with Gasteiger partial charge in [0.25, 0.3) is 0 Å². The third kappa shape index (κ3) is 19.3. The summed E-state index contributed by atoms with van der Waals surface area (Å²) < 4.78 is 0. The van der Waals surface area contributed by atoms with Crippen LogP contribution in [0.25, 0.3) is 0 Å². The fraction of sp³-hybridized carbons (Fsp3) is 0.442. The number of rotatable bonds is 24. The van der Waals surface area contributed by atoms with Crippen LogP contribution in [0, 0.1) is 5.92 Å². The molecule has 1 aliphatic rings. The maximum atomic E-state index is 14.2. The maximum Gasteiger partial charge on any atom is 0.327 e. The van der Waals surface area contributed by atoms with E-state index in [4.69, 9.17) is 0 Å². The van der Waals surface area contributed by atoms with E-state index in [0.717, 1.165) is 43.7 Å². The molecule has 0 radical (unpaired) electrons. The van der Waals surface area contributed by atoms with Crippen molar-refractivity contribution in [2.45, 2.75) is 102 Å². The van der Waals surface area contributed by atoms with Crippen LogP contribution in [-0.2, 0) is 0 Å². The van der Waals surface area contributed by atoms with Gasteiger partial charge < -0.3 is 41.3 Å². The van der Waals surface area contributed by atoms with Gasteiger partial charge in [0, 0.05) is 62.5 Å². The number of benzene rings is 4. The molecule has 4 aromatic carbocycles. The lowest BCUT2D eigenvalue weighted by molar-refractivity contribution is 0.176. The van der Waals surface area contributed by atoms with Crippen LogP contribution < -0.4 is 31.9 Å². The zero-order chi connectivity index (χ0) is 46.6. The van der Waals surface area contributed by atoms with E-state index in [1.165, 1.54) is 38.5 Å². The molecule has 0 spiro atoms. The molecule has 66 heavy (non-hydrogen) atoms. The first-order valence-corrected chi connectivity index (χ1v) is 23.9. The normalized spacial score (nSPS) is 12.8. The fourth-order valence-electron chi connectivity index (χ4n) is 8.34. The van der Waals surface area contributed by atoms with E-state index in [9.17, 15) is 24.0 Å². The summed E-state index contributed by atoms with van der Waals surface area (Å²) in [6.45, 7) is 2.33. The Morgan fingerprint density at radius 3 is 1.53 bits per heavy atom. The molecule has 0 bridgehead atoms.